The fourth-order valence-electron chi connectivity index (χ4n) is 6.59. The second-order valence-electron chi connectivity index (χ2n) is 13.0. The van der Waals surface area contributed by atoms with Crippen LogP contribution in [0.1, 0.15) is 74.9 Å². The molecule has 4 unspecified atom stereocenters. The molecule has 0 aromatic heterocycles. The largest absolute Gasteiger partial charge is 0.481 e. The number of rotatable bonds is 10. The molecule has 15 nitrogen and oxygen atoms in total. The number of anilines is 2. The minimum absolute atomic E-state index is 0.0154. The summed E-state index contributed by atoms with van der Waals surface area (Å²) in [7, 11) is 3.43. The SMILES string of the molecule is COC(=O)C1C2C=CC(C2)C1C(=O)O.COC(=O)c1cc(C(=O)c2ccc(C(=O)O)c(C(=O)OC)c2)ccc1C(=O)O.Nc1ccc(Cc2ccc(N)cc2)cc1. The van der Waals surface area contributed by atoms with Crippen LogP contribution in [-0.2, 0) is 30.2 Å². The van der Waals surface area contributed by atoms with E-state index in [0.717, 1.165) is 62.7 Å². The Labute approximate surface area is 326 Å². The molecule has 296 valence electrons. The van der Waals surface area contributed by atoms with E-state index in [0.29, 0.717) is 0 Å². The van der Waals surface area contributed by atoms with Crippen LogP contribution in [0, 0.1) is 23.7 Å². The van der Waals surface area contributed by atoms with Crippen molar-refractivity contribution in [3.05, 3.63) is 142 Å². The van der Waals surface area contributed by atoms with Crippen molar-refractivity contribution in [2.75, 3.05) is 32.8 Å². The van der Waals surface area contributed by atoms with Crippen molar-refractivity contribution < 1.29 is 63.1 Å². The van der Waals surface area contributed by atoms with E-state index in [1.54, 1.807) is 0 Å². The van der Waals surface area contributed by atoms with Gasteiger partial charge in [0.15, 0.2) is 5.78 Å². The third-order valence-electron chi connectivity index (χ3n) is 9.42. The molecule has 0 heterocycles. The Bertz CT molecular complexity index is 2090. The Kier molecular flexibility index (Phi) is 14.0. The van der Waals surface area contributed by atoms with Crippen LogP contribution in [0.5, 0.6) is 0 Å². The Morgan fingerprint density at radius 3 is 1.32 bits per heavy atom. The second kappa shape index (κ2) is 18.8. The van der Waals surface area contributed by atoms with Crippen molar-refractivity contribution >= 4 is 53.0 Å². The van der Waals surface area contributed by atoms with Gasteiger partial charge in [-0.3, -0.25) is 14.4 Å². The van der Waals surface area contributed by atoms with Crippen LogP contribution in [0.3, 0.4) is 0 Å². The lowest BCUT2D eigenvalue weighted by Gasteiger charge is -2.21. The fourth-order valence-corrected chi connectivity index (χ4v) is 6.59. The summed E-state index contributed by atoms with van der Waals surface area (Å²) in [4.78, 5) is 81.3. The lowest BCUT2D eigenvalue weighted by molar-refractivity contribution is -0.156. The first-order valence-corrected chi connectivity index (χ1v) is 17.2. The number of hydrogen-bond acceptors (Lipinski definition) is 12. The smallest absolute Gasteiger partial charge is 0.338 e. The van der Waals surface area contributed by atoms with Crippen LogP contribution in [0.2, 0.25) is 0 Å². The highest BCUT2D eigenvalue weighted by Crippen LogP contribution is 2.48. The third kappa shape index (κ3) is 10.3. The standard InChI is InChI=1S/C19H14O9.C13H14N2.C10H12O4/c1-27-18(25)13-7-9(3-5-11(13)16(21)22)15(20)10-4-6-12(17(23)24)14(8-10)19(26)28-2;14-12-5-1-10(2-6-12)9-11-3-7-13(15)8-4-11;1-14-10(13)8-6-3-2-5(4-6)7(8)9(11)12/h3-8H,1-2H3,(H,21,22)(H,23,24);1-8H,9,14-15H2;2-3,5-8H,4H2,1H3,(H,11,12). The van der Waals surface area contributed by atoms with Gasteiger partial charge in [0, 0.05) is 22.5 Å². The van der Waals surface area contributed by atoms with E-state index >= 15 is 0 Å². The monoisotopic (exact) mass is 780 g/mol. The van der Waals surface area contributed by atoms with Crippen LogP contribution >= 0.6 is 0 Å². The van der Waals surface area contributed by atoms with E-state index in [1.165, 1.54) is 30.4 Å². The van der Waals surface area contributed by atoms with Crippen LogP contribution in [0.25, 0.3) is 0 Å². The van der Waals surface area contributed by atoms with Crippen LogP contribution in [0.15, 0.2) is 97.1 Å². The van der Waals surface area contributed by atoms with Crippen LogP contribution in [0.4, 0.5) is 11.4 Å². The average Bonchev–Trinajstić information content (AvgIpc) is 3.84. The van der Waals surface area contributed by atoms with Gasteiger partial charge in [0.25, 0.3) is 0 Å². The van der Waals surface area contributed by atoms with Gasteiger partial charge in [-0.25, -0.2) is 19.2 Å². The summed E-state index contributed by atoms with van der Waals surface area (Å²) < 4.78 is 13.7. The van der Waals surface area contributed by atoms with Gasteiger partial charge in [0.05, 0.1) is 55.4 Å². The van der Waals surface area contributed by atoms with Gasteiger partial charge in [0.1, 0.15) is 0 Å². The number of benzene rings is 4. The van der Waals surface area contributed by atoms with Crippen LogP contribution in [-0.4, -0.2) is 78.2 Å². The van der Waals surface area contributed by atoms with Gasteiger partial charge >= 0.3 is 35.8 Å². The highest BCUT2D eigenvalue weighted by Gasteiger charge is 2.52. The highest BCUT2D eigenvalue weighted by atomic mass is 16.5. The molecule has 2 bridgehead atoms. The molecule has 6 rings (SSSR count). The number of nitrogen functional groups attached to an aromatic ring is 2. The molecule has 57 heavy (non-hydrogen) atoms. The minimum atomic E-state index is -1.38. The first kappa shape index (κ1) is 42.5. The van der Waals surface area contributed by atoms with Crippen LogP contribution < -0.4 is 11.5 Å². The van der Waals surface area contributed by atoms with Gasteiger partial charge in [-0.1, -0.05) is 48.6 Å². The number of nitrogens with two attached hydrogens (primary N) is 2. The molecule has 1 fully saturated rings. The van der Waals surface area contributed by atoms with Crippen molar-refractivity contribution in [1.29, 1.82) is 0 Å². The zero-order chi connectivity index (χ0) is 42.0. The number of carbonyl (C=O) groups excluding carboxylic acids is 4. The quantitative estimate of drug-likeness (QED) is 0.0466. The molecule has 0 amide bonds. The third-order valence-corrected chi connectivity index (χ3v) is 9.42. The van der Waals surface area contributed by atoms with E-state index in [1.807, 2.05) is 60.7 Å². The molecule has 0 radical (unpaired) electrons. The van der Waals surface area contributed by atoms with Crippen molar-refractivity contribution in [2.45, 2.75) is 12.8 Å². The van der Waals surface area contributed by atoms with Gasteiger partial charge in [-0.15, -0.1) is 0 Å². The van der Waals surface area contributed by atoms with E-state index in [9.17, 15) is 33.6 Å². The molecule has 0 aliphatic heterocycles. The summed E-state index contributed by atoms with van der Waals surface area (Å²) in [6.07, 6.45) is 5.53. The molecule has 2 aliphatic carbocycles. The average molecular weight is 781 g/mol. The number of fused-ring (bicyclic) bond motifs is 2. The summed E-state index contributed by atoms with van der Waals surface area (Å²) in [6, 6.07) is 22.5. The number of hydrogen-bond donors (Lipinski definition) is 5. The maximum absolute atomic E-state index is 12.7. The number of methoxy groups -OCH3 is 3. The Hall–Kier alpha value is -7.29. The van der Waals surface area contributed by atoms with E-state index in [4.69, 9.17) is 26.8 Å². The van der Waals surface area contributed by atoms with Crippen molar-refractivity contribution in [1.82, 2.24) is 0 Å². The maximum atomic E-state index is 12.7. The van der Waals surface area contributed by atoms with E-state index < -0.39 is 53.4 Å². The van der Waals surface area contributed by atoms with Crippen molar-refractivity contribution in [3.63, 3.8) is 0 Å². The molecular weight excluding hydrogens is 740 g/mol. The molecule has 7 N–H and O–H groups in total. The van der Waals surface area contributed by atoms with Crippen molar-refractivity contribution in [3.8, 4) is 0 Å². The molecule has 4 atom stereocenters. The summed E-state index contributed by atoms with van der Waals surface area (Å²) in [6.45, 7) is 0. The molecule has 2 aliphatic rings. The topological polar surface area (TPSA) is 260 Å². The van der Waals surface area contributed by atoms with Crippen molar-refractivity contribution in [2.24, 2.45) is 23.7 Å². The number of allylic oxidation sites excluding steroid dienone is 2. The fraction of sp³-hybridized carbons (Fsp3) is 0.214. The van der Waals surface area contributed by atoms with Gasteiger partial charge in [-0.05, 0) is 84.3 Å². The second-order valence-corrected chi connectivity index (χ2v) is 13.0. The maximum Gasteiger partial charge on any atom is 0.338 e. The molecule has 0 saturated heterocycles. The number of esters is 3. The lowest BCUT2D eigenvalue weighted by Crippen LogP contribution is -2.33. The van der Waals surface area contributed by atoms with E-state index in [2.05, 4.69) is 14.2 Å². The Morgan fingerprint density at radius 1 is 0.561 bits per heavy atom. The predicted molar refractivity (Wildman–Crippen MR) is 205 cm³/mol. The molecule has 15 heteroatoms. The van der Waals surface area contributed by atoms with Gasteiger partial charge in [-0.2, -0.15) is 0 Å². The lowest BCUT2D eigenvalue weighted by atomic mass is 9.83. The summed E-state index contributed by atoms with van der Waals surface area (Å²) in [5.41, 5.74) is 13.9. The minimum Gasteiger partial charge on any atom is -0.481 e. The molecule has 4 aromatic carbocycles. The van der Waals surface area contributed by atoms with E-state index in [-0.39, 0.29) is 45.2 Å². The molecular formula is C42H40N2O13. The predicted octanol–water partition coefficient (Wildman–Crippen LogP) is 5.01. The zero-order valence-electron chi connectivity index (χ0n) is 31.0. The molecule has 1 saturated carbocycles. The zero-order valence-corrected chi connectivity index (χ0v) is 31.0. The number of carboxylic acid groups (broad SMARTS) is 3. The number of carboxylic acids is 3. The van der Waals surface area contributed by atoms with Gasteiger partial charge < -0.3 is 41.0 Å². The highest BCUT2D eigenvalue weighted by molar-refractivity contribution is 6.13. The summed E-state index contributed by atoms with van der Waals surface area (Å²) in [5.74, 6) is -7.57. The number of aliphatic carboxylic acids is 1. The molecule has 4 aromatic rings. The first-order valence-electron chi connectivity index (χ1n) is 17.2. The number of carbonyl (C=O) groups is 7. The van der Waals surface area contributed by atoms with Gasteiger partial charge in [0.2, 0.25) is 0 Å². The first-order chi connectivity index (χ1) is 27.1. The number of aromatic carboxylic acids is 2. The Balaban J connectivity index is 0.000000208. The normalized spacial score (nSPS) is 17.1. The Morgan fingerprint density at radius 2 is 0.965 bits per heavy atom. The number of ketones is 1. The summed E-state index contributed by atoms with van der Waals surface area (Å²) >= 11 is 0. The molecule has 0 spiro atoms. The number of ether oxygens (including phenoxy) is 3. The summed E-state index contributed by atoms with van der Waals surface area (Å²) in [5, 5.41) is 27.3.